The molecule has 0 N–H and O–H groups in total. The van der Waals surface area contributed by atoms with Crippen LogP contribution >= 0.6 is 0 Å². The number of ether oxygens (including phenoxy) is 1. The Bertz CT molecular complexity index is 372. The summed E-state index contributed by atoms with van der Waals surface area (Å²) in [5.74, 6) is -0.0530. The fraction of sp³-hybridized carbons (Fsp3) is 0.913. The first kappa shape index (κ1) is 26.9. The summed E-state index contributed by atoms with van der Waals surface area (Å²) in [5, 5.41) is 0. The fourth-order valence-electron chi connectivity index (χ4n) is 3.13. The van der Waals surface area contributed by atoms with Gasteiger partial charge in [0.2, 0.25) is 11.8 Å². The Balaban J connectivity index is 4.23. The van der Waals surface area contributed by atoms with E-state index >= 15 is 0 Å². The van der Waals surface area contributed by atoms with Gasteiger partial charge in [0.1, 0.15) is 13.2 Å². The molecule has 0 fully saturated rings. The second-order valence-corrected chi connectivity index (χ2v) is 7.82. The van der Waals surface area contributed by atoms with Gasteiger partial charge in [-0.3, -0.25) is 9.59 Å². The Morgan fingerprint density at radius 2 is 1.07 bits per heavy atom. The summed E-state index contributed by atoms with van der Waals surface area (Å²) >= 11 is 0. The minimum Gasteiger partial charge on any atom is -0.362 e. The van der Waals surface area contributed by atoms with Crippen LogP contribution in [0.3, 0.4) is 0 Å². The van der Waals surface area contributed by atoms with Crippen molar-refractivity contribution in [2.45, 2.75) is 97.8 Å². The molecule has 0 aliphatic carbocycles. The van der Waals surface area contributed by atoms with Gasteiger partial charge in [0.05, 0.1) is 0 Å². The summed E-state index contributed by atoms with van der Waals surface area (Å²) in [6.45, 7) is 8.64. The van der Waals surface area contributed by atoms with Gasteiger partial charge in [-0.05, 0) is 19.8 Å². The van der Waals surface area contributed by atoms with E-state index in [0.29, 0.717) is 6.54 Å². The van der Waals surface area contributed by atoms with E-state index in [1.54, 1.807) is 11.9 Å². The van der Waals surface area contributed by atoms with Crippen LogP contribution in [0.5, 0.6) is 0 Å². The van der Waals surface area contributed by atoms with Crippen LogP contribution in [-0.2, 0) is 14.3 Å². The molecule has 0 spiro atoms. The summed E-state index contributed by atoms with van der Waals surface area (Å²) < 4.78 is 5.40. The van der Waals surface area contributed by atoms with Gasteiger partial charge in [-0.1, -0.05) is 78.1 Å². The van der Waals surface area contributed by atoms with E-state index < -0.39 is 0 Å². The molecule has 5 heteroatoms. The van der Waals surface area contributed by atoms with E-state index in [0.717, 1.165) is 25.9 Å². The average molecular weight is 399 g/mol. The van der Waals surface area contributed by atoms with Gasteiger partial charge in [0.15, 0.2) is 0 Å². The maximum absolute atomic E-state index is 12.6. The summed E-state index contributed by atoms with van der Waals surface area (Å²) in [7, 11) is 1.75. The third-order valence-electron chi connectivity index (χ3n) is 5.27. The third-order valence-corrected chi connectivity index (χ3v) is 5.27. The van der Waals surface area contributed by atoms with Crippen LogP contribution in [-0.4, -0.2) is 61.5 Å². The lowest BCUT2D eigenvalue weighted by Gasteiger charge is -2.23. The molecule has 0 heterocycles. The molecule has 0 unspecified atom stereocenters. The number of unbranched alkanes of at least 4 members (excludes halogenated alkanes) is 10. The van der Waals surface area contributed by atoms with Crippen LogP contribution in [0.25, 0.3) is 0 Å². The molecule has 0 saturated heterocycles. The molecule has 0 rings (SSSR count). The highest BCUT2D eigenvalue weighted by atomic mass is 16.5. The maximum atomic E-state index is 12.6. The van der Waals surface area contributed by atoms with Crippen molar-refractivity contribution in [3.63, 3.8) is 0 Å². The van der Waals surface area contributed by atoms with E-state index in [9.17, 15) is 9.59 Å². The molecular weight excluding hydrogens is 352 g/mol. The van der Waals surface area contributed by atoms with Gasteiger partial charge >= 0.3 is 0 Å². The summed E-state index contributed by atoms with van der Waals surface area (Å²) in [6, 6.07) is 0. The highest BCUT2D eigenvalue weighted by molar-refractivity contribution is 5.79. The van der Waals surface area contributed by atoms with Crippen LogP contribution in [0.1, 0.15) is 97.8 Å². The molecule has 0 aliphatic heterocycles. The van der Waals surface area contributed by atoms with E-state index in [4.69, 9.17) is 4.74 Å². The SMILES string of the molecule is CCCCCCCCN(CCCCCCCC)C(=O)COCC(=O)N(C)CC. The normalized spacial score (nSPS) is 10.9. The molecule has 166 valence electrons. The summed E-state index contributed by atoms with van der Waals surface area (Å²) in [4.78, 5) is 27.9. The highest BCUT2D eigenvalue weighted by Crippen LogP contribution is 2.09. The summed E-state index contributed by atoms with van der Waals surface area (Å²) in [6.07, 6.45) is 14.7. The van der Waals surface area contributed by atoms with Gasteiger partial charge in [0.25, 0.3) is 0 Å². The smallest absolute Gasteiger partial charge is 0.248 e. The molecule has 0 aliphatic rings. The van der Waals surface area contributed by atoms with Crippen molar-refractivity contribution in [2.75, 3.05) is 39.9 Å². The van der Waals surface area contributed by atoms with Crippen LogP contribution in [0, 0.1) is 0 Å². The zero-order valence-corrected chi connectivity index (χ0v) is 19.1. The Labute approximate surface area is 174 Å². The minimum atomic E-state index is -0.0753. The number of hydrogen-bond acceptors (Lipinski definition) is 3. The molecular formula is C23H46N2O3. The molecule has 0 radical (unpaired) electrons. The Kier molecular flexibility index (Phi) is 18.5. The fourth-order valence-corrected chi connectivity index (χ4v) is 3.13. The van der Waals surface area contributed by atoms with Crippen molar-refractivity contribution in [3.8, 4) is 0 Å². The third kappa shape index (κ3) is 14.9. The van der Waals surface area contributed by atoms with E-state index in [1.165, 1.54) is 64.2 Å². The van der Waals surface area contributed by atoms with Crippen molar-refractivity contribution >= 4 is 11.8 Å². The second-order valence-electron chi connectivity index (χ2n) is 7.82. The number of likely N-dealkylation sites (N-methyl/N-ethyl adjacent to an activating group) is 1. The Morgan fingerprint density at radius 3 is 1.54 bits per heavy atom. The summed E-state index contributed by atoms with van der Waals surface area (Å²) in [5.41, 5.74) is 0. The quantitative estimate of drug-likeness (QED) is 0.287. The van der Waals surface area contributed by atoms with Gasteiger partial charge in [0, 0.05) is 26.7 Å². The van der Waals surface area contributed by atoms with Crippen molar-refractivity contribution in [2.24, 2.45) is 0 Å². The molecule has 28 heavy (non-hydrogen) atoms. The van der Waals surface area contributed by atoms with Gasteiger partial charge in [-0.15, -0.1) is 0 Å². The number of carbonyl (C=O) groups excluding carboxylic acids is 2. The molecule has 2 amide bonds. The zero-order valence-electron chi connectivity index (χ0n) is 19.1. The van der Waals surface area contributed by atoms with Crippen molar-refractivity contribution in [3.05, 3.63) is 0 Å². The van der Waals surface area contributed by atoms with E-state index in [1.807, 2.05) is 11.8 Å². The Hall–Kier alpha value is -1.10. The second kappa shape index (κ2) is 19.2. The van der Waals surface area contributed by atoms with E-state index in [-0.39, 0.29) is 25.0 Å². The van der Waals surface area contributed by atoms with Crippen molar-refractivity contribution in [1.29, 1.82) is 0 Å². The predicted octanol–water partition coefficient (Wildman–Crippen LogP) is 5.03. The van der Waals surface area contributed by atoms with Crippen molar-refractivity contribution < 1.29 is 14.3 Å². The van der Waals surface area contributed by atoms with Gasteiger partial charge < -0.3 is 14.5 Å². The van der Waals surface area contributed by atoms with Crippen LogP contribution in [0.4, 0.5) is 0 Å². The molecule has 0 aromatic heterocycles. The molecule has 5 nitrogen and oxygen atoms in total. The largest absolute Gasteiger partial charge is 0.362 e. The number of hydrogen-bond donors (Lipinski definition) is 0. The van der Waals surface area contributed by atoms with Crippen LogP contribution in [0.15, 0.2) is 0 Å². The monoisotopic (exact) mass is 398 g/mol. The standard InChI is InChI=1S/C23H46N2O3/c1-5-8-10-12-14-16-18-25(19-17-15-13-11-9-6-2)23(27)21-28-20-22(26)24(4)7-3/h5-21H2,1-4H3. The first-order valence-corrected chi connectivity index (χ1v) is 11.7. The Morgan fingerprint density at radius 1 is 0.643 bits per heavy atom. The molecule has 0 atom stereocenters. The number of carbonyl (C=O) groups is 2. The molecule has 0 saturated carbocycles. The van der Waals surface area contributed by atoms with Gasteiger partial charge in [-0.25, -0.2) is 0 Å². The first-order chi connectivity index (χ1) is 13.6. The molecule has 0 aromatic rings. The lowest BCUT2D eigenvalue weighted by atomic mass is 10.1. The first-order valence-electron chi connectivity index (χ1n) is 11.7. The average Bonchev–Trinajstić information content (AvgIpc) is 2.70. The lowest BCUT2D eigenvalue weighted by molar-refractivity contribution is -0.141. The van der Waals surface area contributed by atoms with E-state index in [2.05, 4.69) is 13.8 Å². The zero-order chi connectivity index (χ0) is 21.0. The highest BCUT2D eigenvalue weighted by Gasteiger charge is 2.14. The number of rotatable bonds is 19. The van der Waals surface area contributed by atoms with Gasteiger partial charge in [-0.2, -0.15) is 0 Å². The molecule has 0 bridgehead atoms. The number of amides is 2. The maximum Gasteiger partial charge on any atom is 0.248 e. The topological polar surface area (TPSA) is 49.9 Å². The van der Waals surface area contributed by atoms with Crippen molar-refractivity contribution in [1.82, 2.24) is 9.80 Å². The van der Waals surface area contributed by atoms with Crippen LogP contribution < -0.4 is 0 Å². The lowest BCUT2D eigenvalue weighted by Crippen LogP contribution is -2.37. The van der Waals surface area contributed by atoms with Crippen LogP contribution in [0.2, 0.25) is 0 Å². The molecule has 0 aromatic carbocycles. The predicted molar refractivity (Wildman–Crippen MR) is 117 cm³/mol. The number of nitrogens with zero attached hydrogens (tertiary/aromatic N) is 2. The minimum absolute atomic E-state index is 0.00889.